The Labute approximate surface area is 85.9 Å². The summed E-state index contributed by atoms with van der Waals surface area (Å²) in [6, 6.07) is 0. The number of aliphatic hydroxyl groups excluding tert-OH is 1. The van der Waals surface area contributed by atoms with Crippen molar-refractivity contribution in [2.24, 2.45) is 5.92 Å². The molecule has 1 rings (SSSR count). The summed E-state index contributed by atoms with van der Waals surface area (Å²) in [5.41, 5.74) is 0. The molecule has 0 saturated carbocycles. The summed E-state index contributed by atoms with van der Waals surface area (Å²) in [5.74, 6) is 1.18. The van der Waals surface area contributed by atoms with Gasteiger partial charge in [0, 0.05) is 19.0 Å². The molecule has 1 N–H and O–H groups in total. The molecule has 1 aliphatic rings. The molecular weight excluding hydrogens is 186 g/mol. The summed E-state index contributed by atoms with van der Waals surface area (Å²) in [4.78, 5) is 2.34. The number of likely N-dealkylation sites (tertiary alicyclic amines) is 1. The molecule has 3 heteroatoms. The van der Waals surface area contributed by atoms with Crippen molar-refractivity contribution >= 4 is 11.6 Å². The predicted octanol–water partition coefficient (Wildman–Crippen LogP) is 1.71. The van der Waals surface area contributed by atoms with Gasteiger partial charge in [-0.25, -0.2) is 0 Å². The van der Waals surface area contributed by atoms with Crippen LogP contribution in [0, 0.1) is 5.92 Å². The highest BCUT2D eigenvalue weighted by atomic mass is 35.5. The number of rotatable bonds is 4. The lowest BCUT2D eigenvalue weighted by atomic mass is 9.95. The number of hydrogen-bond acceptors (Lipinski definition) is 2. The number of alkyl halides is 1. The Morgan fingerprint density at radius 2 is 2.38 bits per heavy atom. The van der Waals surface area contributed by atoms with Gasteiger partial charge in [0.15, 0.2) is 0 Å². The maximum absolute atomic E-state index is 9.40. The Morgan fingerprint density at radius 1 is 1.62 bits per heavy atom. The van der Waals surface area contributed by atoms with Crippen molar-refractivity contribution in [3.05, 3.63) is 0 Å². The number of halogens is 1. The van der Waals surface area contributed by atoms with Gasteiger partial charge in [-0.15, -0.1) is 11.6 Å². The van der Waals surface area contributed by atoms with Gasteiger partial charge in [0.2, 0.25) is 0 Å². The molecule has 1 heterocycles. The molecule has 0 radical (unpaired) electrons. The van der Waals surface area contributed by atoms with E-state index in [1.807, 2.05) is 0 Å². The average Bonchev–Trinajstić information content (AvgIpc) is 2.18. The van der Waals surface area contributed by atoms with Gasteiger partial charge >= 0.3 is 0 Å². The molecule has 0 aromatic carbocycles. The van der Waals surface area contributed by atoms with E-state index >= 15 is 0 Å². The van der Waals surface area contributed by atoms with Crippen molar-refractivity contribution in [3.8, 4) is 0 Å². The molecule has 2 atom stereocenters. The SMILES string of the molecule is CCC1CCCN(CC(O)CCl)C1. The van der Waals surface area contributed by atoms with Crippen LogP contribution in [0.5, 0.6) is 0 Å². The van der Waals surface area contributed by atoms with Crippen LogP contribution in [-0.4, -0.2) is 41.6 Å². The average molecular weight is 206 g/mol. The molecule has 0 spiro atoms. The van der Waals surface area contributed by atoms with Crippen LogP contribution in [0.15, 0.2) is 0 Å². The molecule has 1 aliphatic heterocycles. The van der Waals surface area contributed by atoms with Crippen molar-refractivity contribution in [1.29, 1.82) is 0 Å². The number of β-amino-alcohol motifs (C(OH)–C–C–N with tert-alkyl or cyclic N) is 1. The zero-order valence-electron chi connectivity index (χ0n) is 8.38. The van der Waals surface area contributed by atoms with Crippen molar-refractivity contribution in [2.75, 3.05) is 25.5 Å². The van der Waals surface area contributed by atoms with E-state index in [4.69, 9.17) is 11.6 Å². The van der Waals surface area contributed by atoms with Crippen molar-refractivity contribution in [1.82, 2.24) is 4.90 Å². The molecule has 2 nitrogen and oxygen atoms in total. The van der Waals surface area contributed by atoms with Gasteiger partial charge < -0.3 is 10.0 Å². The fourth-order valence-electron chi connectivity index (χ4n) is 2.00. The Morgan fingerprint density at radius 3 is 3.00 bits per heavy atom. The number of piperidine rings is 1. The molecule has 2 unspecified atom stereocenters. The van der Waals surface area contributed by atoms with Crippen LogP contribution in [0.1, 0.15) is 26.2 Å². The van der Waals surface area contributed by atoms with Gasteiger partial charge in [-0.1, -0.05) is 13.3 Å². The van der Waals surface area contributed by atoms with Gasteiger partial charge in [-0.2, -0.15) is 0 Å². The molecule has 1 saturated heterocycles. The van der Waals surface area contributed by atoms with Crippen molar-refractivity contribution < 1.29 is 5.11 Å². The Balaban J connectivity index is 2.25. The predicted molar refractivity (Wildman–Crippen MR) is 56.2 cm³/mol. The van der Waals surface area contributed by atoms with Gasteiger partial charge in [-0.05, 0) is 25.3 Å². The summed E-state index contributed by atoms with van der Waals surface area (Å²) in [5, 5.41) is 9.40. The number of hydrogen-bond donors (Lipinski definition) is 1. The Kier molecular flexibility index (Phi) is 5.07. The van der Waals surface area contributed by atoms with Crippen LogP contribution in [-0.2, 0) is 0 Å². The smallest absolute Gasteiger partial charge is 0.0802 e. The van der Waals surface area contributed by atoms with E-state index in [-0.39, 0.29) is 6.10 Å². The standard InChI is InChI=1S/C10H20ClNO/c1-2-9-4-3-5-12(7-9)8-10(13)6-11/h9-10,13H,2-8H2,1H3. The summed E-state index contributed by atoms with van der Waals surface area (Å²) < 4.78 is 0. The van der Waals surface area contributed by atoms with E-state index in [1.165, 1.54) is 19.3 Å². The van der Waals surface area contributed by atoms with E-state index in [9.17, 15) is 5.11 Å². The lowest BCUT2D eigenvalue weighted by Gasteiger charge is -2.33. The topological polar surface area (TPSA) is 23.5 Å². The van der Waals surface area contributed by atoms with E-state index in [2.05, 4.69) is 11.8 Å². The number of aliphatic hydroxyl groups is 1. The zero-order valence-corrected chi connectivity index (χ0v) is 9.13. The van der Waals surface area contributed by atoms with Crippen molar-refractivity contribution in [3.63, 3.8) is 0 Å². The first-order valence-corrected chi connectivity index (χ1v) is 5.76. The van der Waals surface area contributed by atoms with Gasteiger partial charge in [-0.3, -0.25) is 0 Å². The van der Waals surface area contributed by atoms with Crippen molar-refractivity contribution in [2.45, 2.75) is 32.3 Å². The van der Waals surface area contributed by atoms with Gasteiger partial charge in [0.25, 0.3) is 0 Å². The molecule has 78 valence electrons. The summed E-state index contributed by atoms with van der Waals surface area (Å²) in [7, 11) is 0. The molecule has 0 aliphatic carbocycles. The Bertz CT molecular complexity index is 141. The second kappa shape index (κ2) is 5.84. The monoisotopic (exact) mass is 205 g/mol. The molecule has 0 aromatic rings. The first-order chi connectivity index (χ1) is 6.26. The minimum absolute atomic E-state index is 0.350. The highest BCUT2D eigenvalue weighted by Crippen LogP contribution is 2.19. The van der Waals surface area contributed by atoms with Crippen LogP contribution < -0.4 is 0 Å². The van der Waals surface area contributed by atoms with E-state index < -0.39 is 0 Å². The lowest BCUT2D eigenvalue weighted by Crippen LogP contribution is -2.40. The van der Waals surface area contributed by atoms with Crippen LogP contribution in [0.2, 0.25) is 0 Å². The molecule has 0 bridgehead atoms. The minimum Gasteiger partial charge on any atom is -0.391 e. The molecule has 0 amide bonds. The van der Waals surface area contributed by atoms with Crippen LogP contribution in [0.25, 0.3) is 0 Å². The maximum Gasteiger partial charge on any atom is 0.0802 e. The van der Waals surface area contributed by atoms with Crippen LogP contribution in [0.3, 0.4) is 0 Å². The summed E-state index contributed by atoms with van der Waals surface area (Å²) >= 11 is 5.56. The first-order valence-electron chi connectivity index (χ1n) is 5.22. The van der Waals surface area contributed by atoms with Gasteiger partial charge in [0.05, 0.1) is 6.10 Å². The van der Waals surface area contributed by atoms with E-state index in [1.54, 1.807) is 0 Å². The largest absolute Gasteiger partial charge is 0.391 e. The second-order valence-electron chi connectivity index (χ2n) is 3.98. The molecular formula is C10H20ClNO. The maximum atomic E-state index is 9.40. The Hall–Kier alpha value is 0.210. The van der Waals surface area contributed by atoms with Gasteiger partial charge in [0.1, 0.15) is 0 Å². The molecule has 13 heavy (non-hydrogen) atoms. The third-order valence-electron chi connectivity index (χ3n) is 2.83. The normalized spacial score (nSPS) is 27.5. The third kappa shape index (κ3) is 3.84. The molecule has 1 fully saturated rings. The quantitative estimate of drug-likeness (QED) is 0.707. The fourth-order valence-corrected chi connectivity index (χ4v) is 2.09. The lowest BCUT2D eigenvalue weighted by molar-refractivity contribution is 0.0956. The summed E-state index contributed by atoms with van der Waals surface area (Å²) in [6.07, 6.45) is 3.53. The fraction of sp³-hybridized carbons (Fsp3) is 1.00. The summed E-state index contributed by atoms with van der Waals surface area (Å²) in [6.45, 7) is 5.26. The van der Waals surface area contributed by atoms with Crippen LogP contribution >= 0.6 is 11.6 Å². The van der Waals surface area contributed by atoms with Crippen LogP contribution in [0.4, 0.5) is 0 Å². The zero-order chi connectivity index (χ0) is 9.68. The highest BCUT2D eigenvalue weighted by Gasteiger charge is 2.19. The second-order valence-corrected chi connectivity index (χ2v) is 4.29. The first kappa shape index (κ1) is 11.3. The number of nitrogens with zero attached hydrogens (tertiary/aromatic N) is 1. The molecule has 0 aromatic heterocycles. The highest BCUT2D eigenvalue weighted by molar-refractivity contribution is 6.18. The third-order valence-corrected chi connectivity index (χ3v) is 3.18. The van der Waals surface area contributed by atoms with E-state index in [0.717, 1.165) is 25.6 Å². The minimum atomic E-state index is -0.350. The van der Waals surface area contributed by atoms with E-state index in [0.29, 0.717) is 5.88 Å².